The molecule has 41 heavy (non-hydrogen) atoms. The molecule has 2 amide bonds. The van der Waals surface area contributed by atoms with Crippen LogP contribution >= 0.6 is 23.2 Å². The number of benzene rings is 3. The van der Waals surface area contributed by atoms with Gasteiger partial charge in [-0.05, 0) is 93.4 Å². The SMILES string of the molecule is CCOc1ccc(N(CC(=O)N(Cc2ccc(Cl)cc2)[C@H](C)C(=O)N[C@@H](C)CC)S(=O)(=O)c2ccc(Cl)cc2)cc1. The van der Waals surface area contributed by atoms with Crippen LogP contribution in [0.5, 0.6) is 5.75 Å². The van der Waals surface area contributed by atoms with Crippen LogP contribution in [-0.4, -0.2) is 50.4 Å². The van der Waals surface area contributed by atoms with Crippen molar-refractivity contribution in [2.75, 3.05) is 17.5 Å². The Balaban J connectivity index is 2.02. The molecular formula is C30H35Cl2N3O5S. The first kappa shape index (κ1) is 32.2. The number of ether oxygens (including phenoxy) is 1. The number of nitrogens with one attached hydrogen (secondary N) is 1. The topological polar surface area (TPSA) is 96.0 Å². The summed E-state index contributed by atoms with van der Waals surface area (Å²) < 4.78 is 34.3. The van der Waals surface area contributed by atoms with Gasteiger partial charge in [-0.3, -0.25) is 13.9 Å². The van der Waals surface area contributed by atoms with E-state index in [1.807, 2.05) is 20.8 Å². The molecule has 3 aromatic rings. The third kappa shape index (κ3) is 8.61. The zero-order valence-corrected chi connectivity index (χ0v) is 25.8. The third-order valence-electron chi connectivity index (χ3n) is 6.55. The first-order valence-corrected chi connectivity index (χ1v) is 15.5. The highest BCUT2D eigenvalue weighted by Gasteiger charge is 2.32. The Morgan fingerprint density at radius 2 is 1.44 bits per heavy atom. The van der Waals surface area contributed by atoms with Crippen molar-refractivity contribution in [2.45, 2.75) is 57.6 Å². The minimum Gasteiger partial charge on any atom is -0.494 e. The molecule has 0 heterocycles. The highest BCUT2D eigenvalue weighted by Crippen LogP contribution is 2.27. The van der Waals surface area contributed by atoms with Crippen molar-refractivity contribution in [3.05, 3.63) is 88.4 Å². The van der Waals surface area contributed by atoms with Gasteiger partial charge in [0.1, 0.15) is 18.3 Å². The van der Waals surface area contributed by atoms with Gasteiger partial charge in [0, 0.05) is 22.6 Å². The molecule has 0 saturated heterocycles. The number of carbonyl (C=O) groups excluding carboxylic acids is 2. The molecule has 0 fully saturated rings. The van der Waals surface area contributed by atoms with E-state index in [-0.39, 0.29) is 29.1 Å². The molecule has 11 heteroatoms. The van der Waals surface area contributed by atoms with E-state index in [4.69, 9.17) is 27.9 Å². The van der Waals surface area contributed by atoms with Crippen LogP contribution in [0, 0.1) is 0 Å². The van der Waals surface area contributed by atoms with Crippen molar-refractivity contribution in [3.63, 3.8) is 0 Å². The maximum absolute atomic E-state index is 14.0. The molecule has 0 spiro atoms. The zero-order chi connectivity index (χ0) is 30.2. The van der Waals surface area contributed by atoms with E-state index in [1.165, 1.54) is 29.2 Å². The van der Waals surface area contributed by atoms with E-state index in [9.17, 15) is 18.0 Å². The normalized spacial score (nSPS) is 12.7. The number of carbonyl (C=O) groups is 2. The van der Waals surface area contributed by atoms with Gasteiger partial charge in [0.05, 0.1) is 17.2 Å². The predicted octanol–water partition coefficient (Wildman–Crippen LogP) is 5.92. The molecular weight excluding hydrogens is 585 g/mol. The molecule has 0 aliphatic heterocycles. The Morgan fingerprint density at radius 1 is 0.878 bits per heavy atom. The number of rotatable bonds is 13. The lowest BCUT2D eigenvalue weighted by atomic mass is 10.1. The summed E-state index contributed by atoms with van der Waals surface area (Å²) in [6, 6.07) is 18.1. The lowest BCUT2D eigenvalue weighted by Crippen LogP contribution is -2.52. The molecule has 0 saturated carbocycles. The van der Waals surface area contributed by atoms with Crippen molar-refractivity contribution in [1.29, 1.82) is 0 Å². The van der Waals surface area contributed by atoms with Gasteiger partial charge in [0.25, 0.3) is 10.0 Å². The van der Waals surface area contributed by atoms with Gasteiger partial charge in [0.15, 0.2) is 0 Å². The van der Waals surface area contributed by atoms with Gasteiger partial charge >= 0.3 is 0 Å². The average Bonchev–Trinajstić information content (AvgIpc) is 2.95. The maximum Gasteiger partial charge on any atom is 0.264 e. The second-order valence-electron chi connectivity index (χ2n) is 9.53. The maximum atomic E-state index is 14.0. The third-order valence-corrected chi connectivity index (χ3v) is 8.84. The van der Waals surface area contributed by atoms with Crippen LogP contribution in [-0.2, 0) is 26.2 Å². The minimum atomic E-state index is -4.20. The Labute approximate surface area is 252 Å². The van der Waals surface area contributed by atoms with Gasteiger partial charge in [-0.2, -0.15) is 0 Å². The van der Waals surface area contributed by atoms with Gasteiger partial charge in [-0.15, -0.1) is 0 Å². The van der Waals surface area contributed by atoms with Crippen LogP contribution in [0.2, 0.25) is 10.0 Å². The van der Waals surface area contributed by atoms with E-state index < -0.39 is 28.5 Å². The van der Waals surface area contributed by atoms with Gasteiger partial charge in [0.2, 0.25) is 11.8 Å². The molecule has 3 aromatic carbocycles. The Kier molecular flexibility index (Phi) is 11.5. The first-order valence-electron chi connectivity index (χ1n) is 13.3. The Bertz CT molecular complexity index is 1420. The van der Waals surface area contributed by atoms with Crippen molar-refractivity contribution in [3.8, 4) is 5.75 Å². The smallest absolute Gasteiger partial charge is 0.264 e. The second kappa shape index (κ2) is 14.6. The van der Waals surface area contributed by atoms with Crippen molar-refractivity contribution < 1.29 is 22.7 Å². The summed E-state index contributed by atoms with van der Waals surface area (Å²) in [6.45, 7) is 7.26. The fourth-order valence-corrected chi connectivity index (χ4v) is 5.64. The molecule has 220 valence electrons. The largest absolute Gasteiger partial charge is 0.494 e. The molecule has 0 radical (unpaired) electrons. The van der Waals surface area contributed by atoms with Crippen LogP contribution in [0.25, 0.3) is 0 Å². The summed E-state index contributed by atoms with van der Waals surface area (Å²) in [7, 11) is -4.20. The van der Waals surface area contributed by atoms with Crippen LogP contribution in [0.3, 0.4) is 0 Å². The Hall–Kier alpha value is -3.27. The van der Waals surface area contributed by atoms with Crippen LogP contribution in [0.1, 0.15) is 39.7 Å². The van der Waals surface area contributed by atoms with Crippen LogP contribution < -0.4 is 14.4 Å². The number of sulfonamides is 1. The highest BCUT2D eigenvalue weighted by molar-refractivity contribution is 7.92. The molecule has 0 unspecified atom stereocenters. The quantitative estimate of drug-likeness (QED) is 0.256. The fraction of sp³-hybridized carbons (Fsp3) is 0.333. The number of hydrogen-bond donors (Lipinski definition) is 1. The van der Waals surface area contributed by atoms with E-state index in [0.29, 0.717) is 28.8 Å². The van der Waals surface area contributed by atoms with Gasteiger partial charge in [-0.1, -0.05) is 42.3 Å². The Morgan fingerprint density at radius 3 is 1.98 bits per heavy atom. The molecule has 0 aliphatic carbocycles. The van der Waals surface area contributed by atoms with E-state index in [1.54, 1.807) is 55.5 Å². The van der Waals surface area contributed by atoms with Crippen LogP contribution in [0.15, 0.2) is 77.7 Å². The number of nitrogens with zero attached hydrogens (tertiary/aromatic N) is 2. The van der Waals surface area contributed by atoms with Gasteiger partial charge in [-0.25, -0.2) is 8.42 Å². The first-order chi connectivity index (χ1) is 19.5. The van der Waals surface area contributed by atoms with Gasteiger partial charge < -0.3 is 15.0 Å². The summed E-state index contributed by atoms with van der Waals surface area (Å²) in [6.07, 6.45) is 0.717. The molecule has 2 atom stereocenters. The molecule has 0 bridgehead atoms. The monoisotopic (exact) mass is 619 g/mol. The molecule has 1 N–H and O–H groups in total. The predicted molar refractivity (Wildman–Crippen MR) is 163 cm³/mol. The van der Waals surface area contributed by atoms with Crippen molar-refractivity contribution >= 4 is 50.7 Å². The minimum absolute atomic E-state index is 0.0320. The second-order valence-corrected chi connectivity index (χ2v) is 12.3. The van der Waals surface area contributed by atoms with Crippen molar-refractivity contribution in [1.82, 2.24) is 10.2 Å². The van der Waals surface area contributed by atoms with Crippen LogP contribution in [0.4, 0.5) is 5.69 Å². The van der Waals surface area contributed by atoms with Crippen molar-refractivity contribution in [2.24, 2.45) is 0 Å². The van der Waals surface area contributed by atoms with E-state index in [0.717, 1.165) is 9.87 Å². The standard InChI is InChI=1S/C30H35Cl2N3O5S/c1-5-21(3)33-30(37)22(4)34(19-23-7-9-24(31)10-8-23)29(36)20-35(26-13-15-27(16-14-26)40-6-2)41(38,39)28-17-11-25(32)12-18-28/h7-18,21-22H,5-6,19-20H2,1-4H3,(H,33,37)/t21-,22+/m0/s1. The number of anilines is 1. The lowest BCUT2D eigenvalue weighted by Gasteiger charge is -2.32. The molecule has 3 rings (SSSR count). The summed E-state index contributed by atoms with van der Waals surface area (Å²) >= 11 is 12.0. The highest BCUT2D eigenvalue weighted by atomic mass is 35.5. The molecule has 0 aliphatic rings. The zero-order valence-electron chi connectivity index (χ0n) is 23.5. The fourth-order valence-electron chi connectivity index (χ4n) is 3.97. The van der Waals surface area contributed by atoms with E-state index in [2.05, 4.69) is 5.32 Å². The molecule has 0 aromatic heterocycles. The average molecular weight is 621 g/mol. The number of amides is 2. The number of halogens is 2. The van der Waals surface area contributed by atoms with E-state index >= 15 is 0 Å². The summed E-state index contributed by atoms with van der Waals surface area (Å²) in [5, 5.41) is 3.82. The summed E-state index contributed by atoms with van der Waals surface area (Å²) in [5.74, 6) is -0.334. The summed E-state index contributed by atoms with van der Waals surface area (Å²) in [4.78, 5) is 28.4. The number of hydrogen-bond acceptors (Lipinski definition) is 5. The molecule has 8 nitrogen and oxygen atoms in total. The lowest BCUT2D eigenvalue weighted by molar-refractivity contribution is -0.139. The summed E-state index contributed by atoms with van der Waals surface area (Å²) in [5.41, 5.74) is 0.999.